The highest BCUT2D eigenvalue weighted by molar-refractivity contribution is 6.07. The van der Waals surface area contributed by atoms with Crippen molar-refractivity contribution in [1.29, 1.82) is 0 Å². The molecule has 3 aromatic heterocycles. The molecule has 0 spiro atoms. The Kier molecular flexibility index (Phi) is 3.84. The molecule has 1 aliphatic heterocycles. The number of nitrogen functional groups attached to an aromatic ring is 1. The van der Waals surface area contributed by atoms with Gasteiger partial charge in [-0.25, -0.2) is 9.97 Å². The van der Waals surface area contributed by atoms with Gasteiger partial charge < -0.3 is 15.6 Å². The third-order valence-corrected chi connectivity index (χ3v) is 5.39. The maximum absolute atomic E-state index is 11.9. The van der Waals surface area contributed by atoms with Crippen LogP contribution in [0.5, 0.6) is 0 Å². The van der Waals surface area contributed by atoms with Crippen LogP contribution in [0.3, 0.4) is 0 Å². The minimum absolute atomic E-state index is 0.159. The Balaban J connectivity index is 1.81. The van der Waals surface area contributed by atoms with Gasteiger partial charge in [-0.3, -0.25) is 9.78 Å². The average molecular weight is 397 g/mol. The van der Waals surface area contributed by atoms with E-state index < -0.39 is 0 Å². The van der Waals surface area contributed by atoms with Crippen LogP contribution >= 0.6 is 0 Å². The maximum atomic E-state index is 11.9. The van der Waals surface area contributed by atoms with Crippen molar-refractivity contribution in [2.45, 2.75) is 19.5 Å². The standard InChI is InChI=1S/C23H20N6O/c1-3-18(30)28-16-8-13(2)21-19(15-9-14-6-4-5-7-17(14)25-10-15)20-22(24)26-12-27-23(20)29(21)11-16/h3-10,12,16H,1,11H2,2H3,(H,28,30)(H2,24,26,27)/t16-/m0/s1/i10D. The van der Waals surface area contributed by atoms with E-state index in [-0.39, 0.29) is 18.1 Å². The zero-order valence-corrected chi connectivity index (χ0v) is 16.4. The Morgan fingerprint density at radius 1 is 1.37 bits per heavy atom. The Morgan fingerprint density at radius 2 is 2.20 bits per heavy atom. The fourth-order valence-corrected chi connectivity index (χ4v) is 4.15. The molecule has 0 bridgehead atoms. The second-order valence-electron chi connectivity index (χ2n) is 7.30. The van der Waals surface area contributed by atoms with Gasteiger partial charge >= 0.3 is 0 Å². The van der Waals surface area contributed by atoms with Gasteiger partial charge in [0.15, 0.2) is 0 Å². The predicted molar refractivity (Wildman–Crippen MR) is 118 cm³/mol. The summed E-state index contributed by atoms with van der Waals surface area (Å²) in [7, 11) is 0. The number of aromatic nitrogens is 4. The van der Waals surface area contributed by atoms with Crippen molar-refractivity contribution in [3.05, 3.63) is 67.3 Å². The summed E-state index contributed by atoms with van der Waals surface area (Å²) in [5.41, 5.74) is 11.0. The van der Waals surface area contributed by atoms with E-state index in [1.54, 1.807) is 0 Å². The number of nitrogens with two attached hydrogens (primary N) is 1. The number of amides is 1. The van der Waals surface area contributed by atoms with Crippen molar-refractivity contribution < 1.29 is 6.17 Å². The molecule has 1 atom stereocenters. The number of nitrogens with zero attached hydrogens (tertiary/aromatic N) is 4. The van der Waals surface area contributed by atoms with E-state index in [0.717, 1.165) is 27.7 Å². The van der Waals surface area contributed by atoms with Gasteiger partial charge in [0.1, 0.15) is 17.8 Å². The molecule has 7 nitrogen and oxygen atoms in total. The van der Waals surface area contributed by atoms with E-state index >= 15 is 0 Å². The topological polar surface area (TPSA) is 98.7 Å². The molecule has 4 heterocycles. The summed E-state index contributed by atoms with van der Waals surface area (Å²) in [5.74, 6) is 0.101. The summed E-state index contributed by atoms with van der Waals surface area (Å²) in [6, 6.07) is 9.45. The van der Waals surface area contributed by atoms with Gasteiger partial charge in [0.2, 0.25) is 5.91 Å². The van der Waals surface area contributed by atoms with Crippen LogP contribution in [0.25, 0.3) is 38.6 Å². The van der Waals surface area contributed by atoms with Gasteiger partial charge in [-0.1, -0.05) is 30.9 Å². The third-order valence-electron chi connectivity index (χ3n) is 5.39. The molecule has 0 aliphatic carbocycles. The number of fused-ring (bicyclic) bond motifs is 4. The Morgan fingerprint density at radius 3 is 3.03 bits per heavy atom. The molecule has 0 fully saturated rings. The minimum atomic E-state index is -0.240. The van der Waals surface area contributed by atoms with Gasteiger partial charge in [-0.05, 0) is 30.7 Å². The lowest BCUT2D eigenvalue weighted by Gasteiger charge is -2.24. The summed E-state index contributed by atoms with van der Waals surface area (Å²) >= 11 is 0. The number of rotatable bonds is 3. The van der Waals surface area contributed by atoms with Crippen molar-refractivity contribution in [3.63, 3.8) is 0 Å². The zero-order valence-electron chi connectivity index (χ0n) is 17.4. The molecule has 5 rings (SSSR count). The van der Waals surface area contributed by atoms with Crippen molar-refractivity contribution in [1.82, 2.24) is 24.8 Å². The number of allylic oxidation sites excluding steroid dienone is 1. The molecular weight excluding hydrogens is 376 g/mol. The molecule has 1 amide bonds. The average Bonchev–Trinajstić information content (AvgIpc) is 3.09. The normalized spacial score (nSPS) is 16.1. The van der Waals surface area contributed by atoms with E-state index in [1.165, 1.54) is 12.4 Å². The first-order valence-corrected chi connectivity index (χ1v) is 9.59. The van der Waals surface area contributed by atoms with Crippen LogP contribution in [0.1, 0.15) is 14.0 Å². The molecule has 4 aromatic rings. The van der Waals surface area contributed by atoms with Crippen LogP contribution in [0, 0.1) is 0 Å². The van der Waals surface area contributed by atoms with E-state index in [9.17, 15) is 4.79 Å². The molecule has 0 radical (unpaired) electrons. The Bertz CT molecular complexity index is 1420. The van der Waals surface area contributed by atoms with Crippen LogP contribution in [0.2, 0.25) is 0 Å². The lowest BCUT2D eigenvalue weighted by Crippen LogP contribution is -2.37. The van der Waals surface area contributed by atoms with E-state index in [4.69, 9.17) is 7.10 Å². The molecular formula is C23H20N6O. The zero-order chi connectivity index (χ0) is 21.7. The molecule has 1 aliphatic rings. The van der Waals surface area contributed by atoms with Crippen molar-refractivity contribution >= 4 is 39.2 Å². The summed E-state index contributed by atoms with van der Waals surface area (Å²) in [5, 5.41) is 4.55. The van der Waals surface area contributed by atoms with Crippen LogP contribution in [-0.2, 0) is 11.3 Å². The van der Waals surface area contributed by atoms with Gasteiger partial charge in [-0.15, -0.1) is 0 Å². The quantitative estimate of drug-likeness (QED) is 0.517. The van der Waals surface area contributed by atoms with Crippen LogP contribution < -0.4 is 11.1 Å². The highest BCUT2D eigenvalue weighted by Crippen LogP contribution is 2.41. The number of carbonyl (C=O) groups is 1. The molecule has 0 saturated carbocycles. The first kappa shape index (κ1) is 16.9. The summed E-state index contributed by atoms with van der Waals surface area (Å²) in [4.78, 5) is 25.1. The fraction of sp³-hybridized carbons (Fsp3) is 0.130. The van der Waals surface area contributed by atoms with Crippen LogP contribution in [-0.4, -0.2) is 31.5 Å². The second-order valence-corrected chi connectivity index (χ2v) is 7.30. The molecule has 1 aromatic carbocycles. The Hall–Kier alpha value is -4.00. The molecule has 3 N–H and O–H groups in total. The van der Waals surface area contributed by atoms with Gasteiger partial charge in [0.25, 0.3) is 0 Å². The number of nitrogens with one attached hydrogen (secondary N) is 1. The summed E-state index contributed by atoms with van der Waals surface area (Å²) < 4.78 is 10.7. The monoisotopic (exact) mass is 397 g/mol. The first-order chi connectivity index (χ1) is 15.0. The lowest BCUT2D eigenvalue weighted by atomic mass is 9.97. The number of carbonyl (C=O) groups excluding carboxylic acids is 1. The minimum Gasteiger partial charge on any atom is -0.383 e. The molecule has 0 unspecified atom stereocenters. The maximum Gasteiger partial charge on any atom is 0.243 e. The number of hydrogen-bond donors (Lipinski definition) is 2. The van der Waals surface area contributed by atoms with Crippen molar-refractivity contribution in [2.75, 3.05) is 5.73 Å². The van der Waals surface area contributed by atoms with E-state index in [1.807, 2.05) is 47.9 Å². The summed E-state index contributed by atoms with van der Waals surface area (Å²) in [6.07, 6.45) is 4.85. The van der Waals surface area contributed by atoms with E-state index in [0.29, 0.717) is 29.0 Å². The smallest absolute Gasteiger partial charge is 0.243 e. The predicted octanol–water partition coefficient (Wildman–Crippen LogP) is 3.32. The number of anilines is 1. The van der Waals surface area contributed by atoms with Crippen LogP contribution in [0.15, 0.2) is 61.6 Å². The molecule has 148 valence electrons. The van der Waals surface area contributed by atoms with Crippen molar-refractivity contribution in [3.8, 4) is 11.1 Å². The fourth-order valence-electron chi connectivity index (χ4n) is 4.15. The third kappa shape index (κ3) is 2.75. The largest absolute Gasteiger partial charge is 0.383 e. The first-order valence-electron chi connectivity index (χ1n) is 10.1. The number of hydrogen-bond acceptors (Lipinski definition) is 5. The van der Waals surface area contributed by atoms with Crippen LogP contribution in [0.4, 0.5) is 5.82 Å². The number of benzene rings is 1. The van der Waals surface area contributed by atoms with Gasteiger partial charge in [-0.2, -0.15) is 0 Å². The SMILES string of the molecule is [2H]c1nc2ccccc2cc1-c1c2n(c3ncnc(N)c13)C[C@@H](NC(=O)C=C)C=C2C. The van der Waals surface area contributed by atoms with Gasteiger partial charge in [0.05, 0.1) is 24.0 Å². The highest BCUT2D eigenvalue weighted by atomic mass is 16.1. The highest BCUT2D eigenvalue weighted by Gasteiger charge is 2.28. The second kappa shape index (κ2) is 6.81. The van der Waals surface area contributed by atoms with E-state index in [2.05, 4.69) is 26.8 Å². The summed E-state index contributed by atoms with van der Waals surface area (Å²) in [6.45, 7) is 5.98. The Labute approximate surface area is 174 Å². The molecule has 30 heavy (non-hydrogen) atoms. The molecule has 7 heteroatoms. The molecule has 0 saturated heterocycles. The lowest BCUT2D eigenvalue weighted by molar-refractivity contribution is -0.116. The van der Waals surface area contributed by atoms with Gasteiger partial charge in [0, 0.05) is 29.2 Å². The number of pyridine rings is 1. The van der Waals surface area contributed by atoms with Crippen molar-refractivity contribution in [2.24, 2.45) is 0 Å². The number of para-hydroxylation sites is 1.